The molecular formula is C14H14FN5. The molecule has 2 N–H and O–H groups in total. The minimum Gasteiger partial charge on any atom is -0.383 e. The largest absolute Gasteiger partial charge is 0.383 e. The summed E-state index contributed by atoms with van der Waals surface area (Å²) in [5.41, 5.74) is 8.02. The maximum Gasteiger partial charge on any atom is 0.151 e. The summed E-state index contributed by atoms with van der Waals surface area (Å²) >= 11 is 0. The van der Waals surface area contributed by atoms with Crippen LogP contribution in [0.4, 0.5) is 10.2 Å². The Bertz CT molecular complexity index is 812. The predicted molar refractivity (Wildman–Crippen MR) is 74.6 cm³/mol. The molecule has 3 aromatic rings. The molecular weight excluding hydrogens is 257 g/mol. The number of hydrogen-bond donors (Lipinski definition) is 1. The van der Waals surface area contributed by atoms with Crippen LogP contribution in [0.25, 0.3) is 22.4 Å². The molecule has 2 aromatic heterocycles. The quantitative estimate of drug-likeness (QED) is 0.779. The summed E-state index contributed by atoms with van der Waals surface area (Å²) < 4.78 is 17.6. The molecule has 0 spiro atoms. The van der Waals surface area contributed by atoms with Gasteiger partial charge in [0, 0.05) is 13.1 Å². The number of aromatic nitrogens is 4. The Balaban J connectivity index is 2.06. The number of halogens is 1. The number of para-hydroxylation sites is 1. The lowest BCUT2D eigenvalue weighted by Crippen LogP contribution is -2.01. The van der Waals surface area contributed by atoms with Crippen LogP contribution in [0.2, 0.25) is 0 Å². The Kier molecular flexibility index (Phi) is 2.19. The molecule has 0 unspecified atom stereocenters. The van der Waals surface area contributed by atoms with Crippen molar-refractivity contribution < 1.29 is 4.39 Å². The second kappa shape index (κ2) is 3.82. The summed E-state index contributed by atoms with van der Waals surface area (Å²) in [6.07, 6.45) is 3.87. The van der Waals surface area contributed by atoms with Gasteiger partial charge in [-0.2, -0.15) is 5.10 Å². The fraction of sp³-hybridized carbons (Fsp3) is 0.286. The molecule has 20 heavy (non-hydrogen) atoms. The molecule has 4 rings (SSSR count). The van der Waals surface area contributed by atoms with Crippen molar-refractivity contribution in [3.05, 3.63) is 30.2 Å². The van der Waals surface area contributed by atoms with Crippen LogP contribution in [0.1, 0.15) is 18.9 Å². The third kappa shape index (κ3) is 1.47. The van der Waals surface area contributed by atoms with Crippen molar-refractivity contribution in [1.82, 2.24) is 19.3 Å². The molecule has 0 atom stereocenters. The van der Waals surface area contributed by atoms with Gasteiger partial charge in [0.25, 0.3) is 0 Å². The van der Waals surface area contributed by atoms with Gasteiger partial charge in [-0.15, -0.1) is 0 Å². The average molecular weight is 271 g/mol. The van der Waals surface area contributed by atoms with Gasteiger partial charge in [0.1, 0.15) is 17.2 Å². The van der Waals surface area contributed by atoms with Crippen molar-refractivity contribution in [2.75, 3.05) is 5.73 Å². The van der Waals surface area contributed by atoms with E-state index in [0.29, 0.717) is 23.2 Å². The smallest absolute Gasteiger partial charge is 0.151 e. The number of fused-ring (bicyclic) bond motifs is 1. The normalized spacial score (nSPS) is 15.1. The Hall–Kier alpha value is -2.37. The molecule has 0 aliphatic heterocycles. The standard InChI is InChI=1S/C14H14FN5/c1-19-13(16)9(7-17-19)14-18-12-10(15)3-2-4-11(12)20(14)8-5-6-8/h2-4,7-8H,5-6,16H2,1H3. The number of hydrogen-bond acceptors (Lipinski definition) is 3. The first-order chi connectivity index (χ1) is 9.66. The van der Waals surface area contributed by atoms with Crippen LogP contribution in [-0.4, -0.2) is 19.3 Å². The summed E-state index contributed by atoms with van der Waals surface area (Å²) in [7, 11) is 1.78. The summed E-state index contributed by atoms with van der Waals surface area (Å²) in [5, 5.41) is 4.15. The molecule has 1 fully saturated rings. The van der Waals surface area contributed by atoms with E-state index in [0.717, 1.165) is 23.9 Å². The third-order valence-corrected chi connectivity index (χ3v) is 3.81. The number of anilines is 1. The van der Waals surface area contributed by atoms with E-state index < -0.39 is 0 Å². The van der Waals surface area contributed by atoms with E-state index in [-0.39, 0.29) is 5.82 Å². The van der Waals surface area contributed by atoms with Crippen LogP contribution < -0.4 is 5.73 Å². The van der Waals surface area contributed by atoms with E-state index in [2.05, 4.69) is 14.6 Å². The van der Waals surface area contributed by atoms with Crippen LogP contribution in [0.3, 0.4) is 0 Å². The van der Waals surface area contributed by atoms with Gasteiger partial charge >= 0.3 is 0 Å². The zero-order valence-electron chi connectivity index (χ0n) is 11.0. The van der Waals surface area contributed by atoms with Crippen molar-refractivity contribution in [3.8, 4) is 11.4 Å². The van der Waals surface area contributed by atoms with Crippen molar-refractivity contribution in [1.29, 1.82) is 0 Å². The SMILES string of the molecule is Cn1ncc(-c2nc3c(F)cccc3n2C2CC2)c1N. The number of rotatable bonds is 2. The molecule has 1 saturated carbocycles. The van der Waals surface area contributed by atoms with Crippen LogP contribution in [0, 0.1) is 5.82 Å². The number of aryl methyl sites for hydroxylation is 1. The van der Waals surface area contributed by atoms with Crippen molar-refractivity contribution in [2.45, 2.75) is 18.9 Å². The van der Waals surface area contributed by atoms with Crippen LogP contribution in [-0.2, 0) is 7.05 Å². The topological polar surface area (TPSA) is 61.7 Å². The first-order valence-electron chi connectivity index (χ1n) is 6.61. The highest BCUT2D eigenvalue weighted by Gasteiger charge is 2.30. The van der Waals surface area contributed by atoms with Crippen LogP contribution in [0.15, 0.2) is 24.4 Å². The molecule has 0 bridgehead atoms. The van der Waals surface area contributed by atoms with Gasteiger partial charge in [0.15, 0.2) is 5.82 Å². The zero-order chi connectivity index (χ0) is 13.9. The predicted octanol–water partition coefficient (Wildman–Crippen LogP) is 2.49. The summed E-state index contributed by atoms with van der Waals surface area (Å²) in [6.45, 7) is 0. The second-order valence-corrected chi connectivity index (χ2v) is 5.21. The maximum absolute atomic E-state index is 14.0. The number of benzene rings is 1. The Morgan fingerprint density at radius 3 is 2.80 bits per heavy atom. The van der Waals surface area contributed by atoms with E-state index >= 15 is 0 Å². The minimum absolute atomic E-state index is 0.300. The molecule has 0 radical (unpaired) electrons. The Labute approximate surface area is 114 Å². The summed E-state index contributed by atoms with van der Waals surface area (Å²) in [4.78, 5) is 4.47. The molecule has 102 valence electrons. The highest BCUT2D eigenvalue weighted by Crippen LogP contribution is 2.42. The van der Waals surface area contributed by atoms with E-state index in [1.54, 1.807) is 24.0 Å². The molecule has 0 saturated heterocycles. The highest BCUT2D eigenvalue weighted by molar-refractivity contribution is 5.83. The fourth-order valence-electron chi connectivity index (χ4n) is 2.59. The number of nitrogens with zero attached hydrogens (tertiary/aromatic N) is 4. The lowest BCUT2D eigenvalue weighted by molar-refractivity contribution is 0.637. The average Bonchev–Trinajstić information content (AvgIpc) is 3.12. The van der Waals surface area contributed by atoms with E-state index in [1.165, 1.54) is 6.07 Å². The van der Waals surface area contributed by atoms with Crippen LogP contribution in [0.5, 0.6) is 0 Å². The molecule has 0 amide bonds. The van der Waals surface area contributed by atoms with Crippen molar-refractivity contribution >= 4 is 16.9 Å². The number of nitrogen functional groups attached to an aromatic ring is 1. The summed E-state index contributed by atoms with van der Waals surface area (Å²) in [6, 6.07) is 5.44. The first kappa shape index (κ1) is 11.5. The Morgan fingerprint density at radius 2 is 2.15 bits per heavy atom. The molecule has 5 nitrogen and oxygen atoms in total. The van der Waals surface area contributed by atoms with Gasteiger partial charge in [0.05, 0.1) is 17.3 Å². The number of imidazole rings is 1. The fourth-order valence-corrected chi connectivity index (χ4v) is 2.59. The van der Waals surface area contributed by atoms with Gasteiger partial charge in [-0.25, -0.2) is 9.37 Å². The van der Waals surface area contributed by atoms with Crippen LogP contribution >= 0.6 is 0 Å². The lowest BCUT2D eigenvalue weighted by atomic mass is 10.3. The van der Waals surface area contributed by atoms with Gasteiger partial charge in [-0.05, 0) is 25.0 Å². The monoisotopic (exact) mass is 271 g/mol. The lowest BCUT2D eigenvalue weighted by Gasteiger charge is -2.06. The number of nitrogens with two attached hydrogens (primary N) is 1. The maximum atomic E-state index is 14.0. The minimum atomic E-state index is -0.300. The van der Waals surface area contributed by atoms with Crippen molar-refractivity contribution in [2.24, 2.45) is 7.05 Å². The van der Waals surface area contributed by atoms with Crippen molar-refractivity contribution in [3.63, 3.8) is 0 Å². The highest BCUT2D eigenvalue weighted by atomic mass is 19.1. The van der Waals surface area contributed by atoms with Gasteiger partial charge in [0.2, 0.25) is 0 Å². The molecule has 1 aromatic carbocycles. The Morgan fingerprint density at radius 1 is 1.35 bits per heavy atom. The molecule has 2 heterocycles. The molecule has 1 aliphatic carbocycles. The molecule has 6 heteroatoms. The van der Waals surface area contributed by atoms with Gasteiger partial charge < -0.3 is 10.3 Å². The van der Waals surface area contributed by atoms with E-state index in [1.807, 2.05) is 6.07 Å². The first-order valence-corrected chi connectivity index (χ1v) is 6.61. The van der Waals surface area contributed by atoms with Gasteiger partial charge in [-0.3, -0.25) is 4.68 Å². The molecule has 1 aliphatic rings. The third-order valence-electron chi connectivity index (χ3n) is 3.81. The summed E-state index contributed by atoms with van der Waals surface area (Å²) in [5.74, 6) is 0.950. The van der Waals surface area contributed by atoms with Gasteiger partial charge in [-0.1, -0.05) is 6.07 Å². The second-order valence-electron chi connectivity index (χ2n) is 5.21. The van der Waals surface area contributed by atoms with E-state index in [9.17, 15) is 4.39 Å². The van der Waals surface area contributed by atoms with E-state index in [4.69, 9.17) is 5.73 Å². The zero-order valence-corrected chi connectivity index (χ0v) is 11.0.